The van der Waals surface area contributed by atoms with Gasteiger partial charge in [-0.1, -0.05) is 62.8 Å². The van der Waals surface area contributed by atoms with Crippen molar-refractivity contribution in [2.75, 3.05) is 10.2 Å². The van der Waals surface area contributed by atoms with Gasteiger partial charge in [0.15, 0.2) is 0 Å². The summed E-state index contributed by atoms with van der Waals surface area (Å²) >= 11 is 11.6. The van der Waals surface area contributed by atoms with E-state index in [4.69, 9.17) is 16.7 Å². The molecule has 43 heavy (non-hydrogen) atoms. The Balaban J connectivity index is 1.36. The summed E-state index contributed by atoms with van der Waals surface area (Å²) in [5.41, 5.74) is 1.46. The molecule has 3 amide bonds. The number of primary sulfonamides is 1. The molecule has 0 saturated carbocycles. The number of sulfonamides is 1. The fourth-order valence-corrected chi connectivity index (χ4v) is 8.88. The highest BCUT2D eigenvalue weighted by Gasteiger charge is 2.56. The lowest BCUT2D eigenvalue weighted by Crippen LogP contribution is -2.33. The highest BCUT2D eigenvalue weighted by molar-refractivity contribution is 9.10. The van der Waals surface area contributed by atoms with E-state index in [9.17, 15) is 27.6 Å². The van der Waals surface area contributed by atoms with Gasteiger partial charge >= 0.3 is 4.87 Å². The van der Waals surface area contributed by atoms with Gasteiger partial charge in [-0.25, -0.2) is 18.5 Å². The summed E-state index contributed by atoms with van der Waals surface area (Å²) in [5.74, 6) is -2.72. The third-order valence-corrected chi connectivity index (χ3v) is 11.4. The van der Waals surface area contributed by atoms with Crippen LogP contribution in [0.2, 0.25) is 5.02 Å². The Bertz CT molecular complexity index is 1940. The number of anilines is 2. The lowest BCUT2D eigenvalue weighted by atomic mass is 9.83. The van der Waals surface area contributed by atoms with Crippen molar-refractivity contribution in [1.82, 2.24) is 4.57 Å². The molecule has 0 aliphatic carbocycles. The Morgan fingerprint density at radius 1 is 0.953 bits per heavy atom. The van der Waals surface area contributed by atoms with Crippen LogP contribution in [-0.2, 0) is 31.0 Å². The van der Waals surface area contributed by atoms with Gasteiger partial charge in [0.05, 0.1) is 21.5 Å². The smallest absolute Gasteiger partial charge is 0.308 e. The summed E-state index contributed by atoms with van der Waals surface area (Å²) < 4.78 is 25.2. The highest BCUT2D eigenvalue weighted by atomic mass is 79.9. The van der Waals surface area contributed by atoms with Gasteiger partial charge in [0, 0.05) is 26.0 Å². The number of imide groups is 1. The van der Waals surface area contributed by atoms with Crippen LogP contribution in [0.1, 0.15) is 16.4 Å². The predicted molar refractivity (Wildman–Crippen MR) is 168 cm³/mol. The maximum absolute atomic E-state index is 13.9. The first-order valence-corrected chi connectivity index (χ1v) is 17.1. The second-order valence-corrected chi connectivity index (χ2v) is 14.9. The molecule has 15 heteroatoms. The maximum atomic E-state index is 13.9. The number of halogens is 2. The first-order valence-electron chi connectivity index (χ1n) is 12.6. The zero-order chi connectivity index (χ0) is 30.6. The molecule has 6 rings (SSSR count). The second-order valence-electron chi connectivity index (χ2n) is 9.82. The van der Waals surface area contributed by atoms with E-state index in [-0.39, 0.29) is 17.3 Å². The molecule has 220 valence electrons. The molecule has 3 atom stereocenters. The number of hydrogen-bond donors (Lipinski definition) is 2. The number of nitrogens with two attached hydrogens (primary N) is 1. The van der Waals surface area contributed by atoms with E-state index in [0.717, 1.165) is 27.6 Å². The Morgan fingerprint density at radius 3 is 2.23 bits per heavy atom. The average Bonchev–Trinajstić information content (AvgIpc) is 3.40. The number of nitrogens with zero attached hydrogens (tertiary/aromatic N) is 2. The highest BCUT2D eigenvalue weighted by Crippen LogP contribution is 2.54. The van der Waals surface area contributed by atoms with E-state index >= 15 is 0 Å². The Kier molecular flexibility index (Phi) is 7.85. The average molecular weight is 720 g/mol. The number of thiazole rings is 1. The number of fused-ring (bicyclic) bond motifs is 2. The van der Waals surface area contributed by atoms with Crippen molar-refractivity contribution in [3.8, 4) is 0 Å². The molecule has 10 nitrogen and oxygen atoms in total. The fraction of sp³-hybridized carbons (Fsp3) is 0.143. The third-order valence-electron chi connectivity index (χ3n) is 7.13. The van der Waals surface area contributed by atoms with E-state index in [1.165, 1.54) is 33.7 Å². The quantitative estimate of drug-likeness (QED) is 0.281. The van der Waals surface area contributed by atoms with Crippen molar-refractivity contribution in [3.63, 3.8) is 0 Å². The minimum absolute atomic E-state index is 0.110. The van der Waals surface area contributed by atoms with Crippen molar-refractivity contribution in [2.45, 2.75) is 27.6 Å². The molecule has 1 fully saturated rings. The summed E-state index contributed by atoms with van der Waals surface area (Å²) in [6, 6.07) is 19.1. The number of carbonyl (C=O) groups is 3. The minimum Gasteiger partial charge on any atom is -0.325 e. The first-order chi connectivity index (χ1) is 20.4. The lowest BCUT2D eigenvalue weighted by Gasteiger charge is -2.30. The van der Waals surface area contributed by atoms with Crippen LogP contribution in [0.3, 0.4) is 0 Å². The van der Waals surface area contributed by atoms with Crippen LogP contribution in [0.5, 0.6) is 0 Å². The minimum atomic E-state index is -3.90. The van der Waals surface area contributed by atoms with Crippen LogP contribution < -0.4 is 20.2 Å². The standard InChI is InChI=1S/C28H20BrClN4O6S3/c29-15-3-9-18(10-4-15)34-25(36)22-21(14-1-5-16(30)6-2-14)24-27(41-23(22)26(34)37)33(28(38)42-24)13-20(35)32-17-7-11-19(12-8-17)43(31,39)40/h1-12,21-23H,13H2,(H,32,35)(H2,31,39,40). The summed E-state index contributed by atoms with van der Waals surface area (Å²) in [5, 5.41) is 7.88. The number of rotatable bonds is 6. The van der Waals surface area contributed by atoms with E-state index < -0.39 is 43.8 Å². The van der Waals surface area contributed by atoms with Gasteiger partial charge in [-0.15, -0.1) is 0 Å². The monoisotopic (exact) mass is 718 g/mol. The summed E-state index contributed by atoms with van der Waals surface area (Å²) in [6.45, 7) is -0.363. The molecule has 3 heterocycles. The van der Waals surface area contributed by atoms with Crippen molar-refractivity contribution < 1.29 is 22.8 Å². The number of amides is 3. The van der Waals surface area contributed by atoms with Gasteiger partial charge in [-0.3, -0.25) is 23.7 Å². The normalized spacial score (nSPS) is 19.7. The third kappa shape index (κ3) is 5.58. The Hall–Kier alpha value is -3.27. The molecule has 2 aliphatic rings. The van der Waals surface area contributed by atoms with E-state index in [1.807, 2.05) is 0 Å². The number of carbonyl (C=O) groups excluding carboxylic acids is 3. The molecular weight excluding hydrogens is 700 g/mol. The van der Waals surface area contributed by atoms with Crippen molar-refractivity contribution >= 4 is 89.7 Å². The molecule has 1 aromatic heterocycles. The Morgan fingerprint density at radius 2 is 1.60 bits per heavy atom. The number of nitrogens with one attached hydrogen (secondary N) is 1. The Labute approximate surface area is 267 Å². The summed E-state index contributed by atoms with van der Waals surface area (Å²) in [4.78, 5) is 55.3. The zero-order valence-electron chi connectivity index (χ0n) is 21.8. The van der Waals surface area contributed by atoms with Gasteiger partial charge < -0.3 is 5.32 Å². The van der Waals surface area contributed by atoms with Crippen LogP contribution in [0.4, 0.5) is 11.4 Å². The first kappa shape index (κ1) is 29.8. The van der Waals surface area contributed by atoms with Gasteiger partial charge in [-0.2, -0.15) is 0 Å². The molecule has 3 aromatic carbocycles. The van der Waals surface area contributed by atoms with E-state index in [1.54, 1.807) is 48.5 Å². The van der Waals surface area contributed by atoms with Crippen LogP contribution in [0.25, 0.3) is 0 Å². The summed E-state index contributed by atoms with van der Waals surface area (Å²) in [6.07, 6.45) is 0. The molecule has 0 spiro atoms. The van der Waals surface area contributed by atoms with Crippen molar-refractivity contribution in [1.29, 1.82) is 0 Å². The zero-order valence-corrected chi connectivity index (χ0v) is 26.6. The van der Waals surface area contributed by atoms with E-state index in [2.05, 4.69) is 21.2 Å². The fourth-order valence-electron chi connectivity index (χ4n) is 5.20. The second kappa shape index (κ2) is 11.3. The molecular formula is C28H20BrClN4O6S3. The predicted octanol–water partition coefficient (Wildman–Crippen LogP) is 4.41. The number of benzene rings is 3. The van der Waals surface area contributed by atoms with Crippen LogP contribution >= 0.6 is 50.6 Å². The molecule has 0 radical (unpaired) electrons. The molecule has 3 N–H and O–H groups in total. The SMILES string of the molecule is NS(=O)(=O)c1ccc(NC(=O)Cn2c3c(sc2=O)C(c2ccc(Cl)cc2)C2C(=O)N(c4ccc(Br)cc4)C(=O)C2S3)cc1. The van der Waals surface area contributed by atoms with Gasteiger partial charge in [-0.05, 0) is 66.2 Å². The van der Waals surface area contributed by atoms with Gasteiger partial charge in [0.25, 0.3) is 0 Å². The van der Waals surface area contributed by atoms with Gasteiger partial charge in [0.2, 0.25) is 27.7 Å². The molecule has 0 bridgehead atoms. The topological polar surface area (TPSA) is 149 Å². The molecule has 2 aliphatic heterocycles. The number of hydrogen-bond acceptors (Lipinski definition) is 8. The summed E-state index contributed by atoms with van der Waals surface area (Å²) in [7, 11) is -3.90. The maximum Gasteiger partial charge on any atom is 0.308 e. The van der Waals surface area contributed by atoms with Crippen molar-refractivity contribution in [2.24, 2.45) is 11.1 Å². The van der Waals surface area contributed by atoms with Crippen LogP contribution in [0.15, 0.2) is 92.0 Å². The van der Waals surface area contributed by atoms with Crippen LogP contribution in [-0.4, -0.2) is 36.0 Å². The van der Waals surface area contributed by atoms with Crippen molar-refractivity contribution in [3.05, 3.63) is 102 Å². The molecule has 1 saturated heterocycles. The largest absolute Gasteiger partial charge is 0.325 e. The van der Waals surface area contributed by atoms with Crippen LogP contribution in [0, 0.1) is 5.92 Å². The molecule has 4 aromatic rings. The lowest BCUT2D eigenvalue weighted by molar-refractivity contribution is -0.122. The number of aromatic nitrogens is 1. The van der Waals surface area contributed by atoms with Gasteiger partial charge in [0.1, 0.15) is 11.8 Å². The van der Waals surface area contributed by atoms with E-state index in [0.29, 0.717) is 31.9 Å². The number of thioether (sulfide) groups is 1. The molecule has 3 unspecified atom stereocenters.